The van der Waals surface area contributed by atoms with Gasteiger partial charge in [0.15, 0.2) is 17.3 Å². The maximum Gasteiger partial charge on any atom is 0.164 e. The van der Waals surface area contributed by atoms with Crippen molar-refractivity contribution in [1.82, 2.24) is 19.9 Å². The second-order valence-electron chi connectivity index (χ2n) is 3.88. The maximum absolute atomic E-state index is 9.70. The predicted molar refractivity (Wildman–Crippen MR) is 56.8 cm³/mol. The third-order valence-corrected chi connectivity index (χ3v) is 2.73. The van der Waals surface area contributed by atoms with E-state index in [2.05, 4.69) is 19.9 Å². The molecule has 0 amide bonds. The first kappa shape index (κ1) is 10.4. The fraction of sp³-hybridized carbons (Fsp3) is 0.444. The molecule has 3 rings (SSSR count). The van der Waals surface area contributed by atoms with Crippen LogP contribution in [0.4, 0.5) is 5.82 Å². The summed E-state index contributed by atoms with van der Waals surface area (Å²) in [6, 6.07) is 0. The smallest absolute Gasteiger partial charge is 0.164 e. The summed E-state index contributed by atoms with van der Waals surface area (Å²) in [6.45, 7) is 0.0517. The van der Waals surface area contributed by atoms with Crippen LogP contribution in [0.25, 0.3) is 11.2 Å². The van der Waals surface area contributed by atoms with Gasteiger partial charge < -0.3 is 25.7 Å². The Bertz CT molecular complexity index is 557. The van der Waals surface area contributed by atoms with E-state index >= 15 is 0 Å². The van der Waals surface area contributed by atoms with E-state index in [9.17, 15) is 10.2 Å². The highest BCUT2D eigenvalue weighted by Gasteiger charge is 2.38. The van der Waals surface area contributed by atoms with Gasteiger partial charge in [0.25, 0.3) is 0 Å². The van der Waals surface area contributed by atoms with E-state index < -0.39 is 18.3 Å². The molecule has 3 heterocycles. The van der Waals surface area contributed by atoms with Crippen LogP contribution >= 0.6 is 0 Å². The molecule has 5 N–H and O–H groups in total. The Morgan fingerprint density at radius 3 is 2.94 bits per heavy atom. The number of hydrogen-bond acceptors (Lipinski definition) is 7. The van der Waals surface area contributed by atoms with Crippen molar-refractivity contribution in [2.75, 3.05) is 12.3 Å². The van der Waals surface area contributed by atoms with Gasteiger partial charge in [-0.3, -0.25) is 0 Å². The van der Waals surface area contributed by atoms with E-state index in [4.69, 9.17) is 10.5 Å². The Morgan fingerprint density at radius 2 is 2.24 bits per heavy atom. The van der Waals surface area contributed by atoms with Crippen molar-refractivity contribution in [1.29, 1.82) is 0 Å². The number of imidazole rings is 1. The average molecular weight is 237 g/mol. The monoisotopic (exact) mass is 237 g/mol. The van der Waals surface area contributed by atoms with E-state index in [1.165, 1.54) is 6.33 Å². The molecule has 2 aromatic heterocycles. The Labute approximate surface area is 95.5 Å². The fourth-order valence-corrected chi connectivity index (χ4v) is 1.83. The van der Waals surface area contributed by atoms with Crippen LogP contribution in [0.2, 0.25) is 0 Å². The van der Waals surface area contributed by atoms with Crippen LogP contribution < -0.4 is 5.73 Å². The van der Waals surface area contributed by atoms with Gasteiger partial charge in [-0.25, -0.2) is 15.0 Å². The summed E-state index contributed by atoms with van der Waals surface area (Å²) in [6.07, 6.45) is -1.28. The Kier molecular flexibility index (Phi) is 2.21. The van der Waals surface area contributed by atoms with Crippen LogP contribution in [-0.2, 0) is 4.74 Å². The van der Waals surface area contributed by atoms with Crippen LogP contribution in [0, 0.1) is 0 Å². The lowest BCUT2D eigenvalue weighted by molar-refractivity contribution is 0.0185. The predicted octanol–water partition coefficient (Wildman–Crippen LogP) is -1.27. The summed E-state index contributed by atoms with van der Waals surface area (Å²) in [4.78, 5) is 15.0. The second-order valence-corrected chi connectivity index (χ2v) is 3.88. The number of aromatic amines is 1. The number of anilines is 1. The van der Waals surface area contributed by atoms with Crippen molar-refractivity contribution in [3.8, 4) is 0 Å². The number of nitrogen functional groups attached to an aromatic ring is 1. The lowest BCUT2D eigenvalue weighted by Crippen LogP contribution is -2.26. The SMILES string of the molecule is Nc1nc(C2OC[C@@H](O)[C@H]2O)nc2[nH]cnc12. The molecule has 8 nitrogen and oxygen atoms in total. The molecular formula is C9H11N5O3. The molecule has 0 spiro atoms. The first-order chi connectivity index (χ1) is 8.16. The lowest BCUT2D eigenvalue weighted by Gasteiger charge is -2.13. The van der Waals surface area contributed by atoms with Crippen molar-refractivity contribution in [2.24, 2.45) is 0 Å². The number of aromatic nitrogens is 4. The summed E-state index contributed by atoms with van der Waals surface area (Å²) >= 11 is 0. The van der Waals surface area contributed by atoms with Gasteiger partial charge in [0, 0.05) is 0 Å². The topological polar surface area (TPSA) is 130 Å². The number of nitrogens with two attached hydrogens (primary N) is 1. The van der Waals surface area contributed by atoms with Crippen LogP contribution in [-0.4, -0.2) is 49.0 Å². The quantitative estimate of drug-likeness (QED) is 0.486. The Morgan fingerprint density at radius 1 is 1.41 bits per heavy atom. The molecule has 8 heteroatoms. The number of fused-ring (bicyclic) bond motifs is 1. The number of rotatable bonds is 1. The van der Waals surface area contributed by atoms with Crippen molar-refractivity contribution in [2.45, 2.75) is 18.3 Å². The van der Waals surface area contributed by atoms with Gasteiger partial charge in [0.2, 0.25) is 0 Å². The molecule has 1 fully saturated rings. The molecular weight excluding hydrogens is 226 g/mol. The van der Waals surface area contributed by atoms with Crippen LogP contribution in [0.5, 0.6) is 0 Å². The summed E-state index contributed by atoms with van der Waals surface area (Å²) in [7, 11) is 0. The molecule has 1 unspecified atom stereocenters. The number of H-pyrrole nitrogens is 1. The van der Waals surface area contributed by atoms with E-state index in [1.54, 1.807) is 0 Å². The standard InChI is InChI=1S/C9H11N5O3/c10-7-4-8(12-2-11-4)14-9(13-7)6-5(16)3(15)1-17-6/h2-3,5-6,15-16H,1H2,(H3,10,11,12,13,14)/t3-,5-,6?/m1/s1. The van der Waals surface area contributed by atoms with Gasteiger partial charge in [0.05, 0.1) is 12.9 Å². The number of ether oxygens (including phenoxy) is 1. The van der Waals surface area contributed by atoms with E-state index in [0.717, 1.165) is 0 Å². The zero-order valence-electron chi connectivity index (χ0n) is 8.74. The summed E-state index contributed by atoms with van der Waals surface area (Å²) in [5.41, 5.74) is 6.67. The molecule has 3 atom stereocenters. The number of nitrogens with one attached hydrogen (secondary N) is 1. The van der Waals surface area contributed by atoms with E-state index in [1.807, 2.05) is 0 Å². The van der Waals surface area contributed by atoms with Crippen LogP contribution in [0.15, 0.2) is 6.33 Å². The van der Waals surface area contributed by atoms with Crippen molar-refractivity contribution >= 4 is 17.0 Å². The minimum atomic E-state index is -1.05. The van der Waals surface area contributed by atoms with Gasteiger partial charge in [-0.05, 0) is 0 Å². The maximum atomic E-state index is 9.70. The molecule has 2 aromatic rings. The number of aliphatic hydroxyl groups is 2. The van der Waals surface area contributed by atoms with E-state index in [0.29, 0.717) is 11.2 Å². The van der Waals surface area contributed by atoms with Crippen molar-refractivity contribution < 1.29 is 14.9 Å². The normalized spacial score (nSPS) is 28.9. The third-order valence-electron chi connectivity index (χ3n) is 2.73. The summed E-state index contributed by atoms with van der Waals surface area (Å²) in [5.74, 6) is 0.451. The molecule has 0 aromatic carbocycles. The fourth-order valence-electron chi connectivity index (χ4n) is 1.83. The van der Waals surface area contributed by atoms with Crippen molar-refractivity contribution in [3.63, 3.8) is 0 Å². The second kappa shape index (κ2) is 3.62. The number of aliphatic hydroxyl groups excluding tert-OH is 2. The van der Waals surface area contributed by atoms with Crippen LogP contribution in [0.3, 0.4) is 0 Å². The zero-order chi connectivity index (χ0) is 12.0. The third kappa shape index (κ3) is 1.54. The van der Waals surface area contributed by atoms with Gasteiger partial charge in [-0.15, -0.1) is 0 Å². The van der Waals surface area contributed by atoms with Gasteiger partial charge in [-0.2, -0.15) is 0 Å². The molecule has 90 valence electrons. The largest absolute Gasteiger partial charge is 0.388 e. The first-order valence-electron chi connectivity index (χ1n) is 5.11. The Hall–Kier alpha value is -1.77. The zero-order valence-corrected chi connectivity index (χ0v) is 8.74. The first-order valence-corrected chi connectivity index (χ1v) is 5.11. The lowest BCUT2D eigenvalue weighted by atomic mass is 10.1. The highest BCUT2D eigenvalue weighted by atomic mass is 16.5. The molecule has 0 radical (unpaired) electrons. The highest BCUT2D eigenvalue weighted by molar-refractivity contribution is 5.80. The van der Waals surface area contributed by atoms with Crippen molar-refractivity contribution in [3.05, 3.63) is 12.2 Å². The number of nitrogens with zero attached hydrogens (tertiary/aromatic N) is 3. The van der Waals surface area contributed by atoms with Gasteiger partial charge in [0.1, 0.15) is 23.8 Å². The Balaban J connectivity index is 2.06. The molecule has 0 aliphatic carbocycles. The highest BCUT2D eigenvalue weighted by Crippen LogP contribution is 2.28. The summed E-state index contributed by atoms with van der Waals surface area (Å²) in [5, 5.41) is 19.1. The van der Waals surface area contributed by atoms with Crippen LogP contribution in [0.1, 0.15) is 11.9 Å². The molecule has 0 bridgehead atoms. The molecule has 1 aliphatic rings. The van der Waals surface area contributed by atoms with Gasteiger partial charge in [-0.1, -0.05) is 0 Å². The molecule has 1 saturated heterocycles. The van der Waals surface area contributed by atoms with Gasteiger partial charge >= 0.3 is 0 Å². The molecule has 1 aliphatic heterocycles. The average Bonchev–Trinajstić information content (AvgIpc) is 2.88. The minimum absolute atomic E-state index is 0.0517. The van der Waals surface area contributed by atoms with E-state index in [-0.39, 0.29) is 18.2 Å². The number of hydrogen-bond donors (Lipinski definition) is 4. The molecule has 17 heavy (non-hydrogen) atoms. The summed E-state index contributed by atoms with van der Waals surface area (Å²) < 4.78 is 5.23. The minimum Gasteiger partial charge on any atom is -0.388 e. The molecule has 0 saturated carbocycles.